The summed E-state index contributed by atoms with van der Waals surface area (Å²) in [5.74, 6) is 1.22. The van der Waals surface area contributed by atoms with E-state index in [9.17, 15) is 4.79 Å². The molecule has 0 heterocycles. The molecule has 14 heavy (non-hydrogen) atoms. The Hall–Kier alpha value is -0.570. The Kier molecular flexibility index (Phi) is 4.39. The van der Waals surface area contributed by atoms with Crippen molar-refractivity contribution in [2.45, 2.75) is 45.6 Å². The van der Waals surface area contributed by atoms with E-state index < -0.39 is 0 Å². The van der Waals surface area contributed by atoms with Crippen LogP contribution in [0.25, 0.3) is 0 Å². The summed E-state index contributed by atoms with van der Waals surface area (Å²) in [6, 6.07) is -0.324. The van der Waals surface area contributed by atoms with Crippen molar-refractivity contribution in [1.29, 1.82) is 0 Å². The SMILES string of the molecule is CC(C)CC(N)C(=O)NCC1CCC1. The molecule has 1 atom stereocenters. The second kappa shape index (κ2) is 5.35. The fourth-order valence-corrected chi connectivity index (χ4v) is 1.69. The standard InChI is InChI=1S/C11H22N2O/c1-8(2)6-10(12)11(14)13-7-9-4-3-5-9/h8-10H,3-7,12H2,1-2H3,(H,13,14). The zero-order chi connectivity index (χ0) is 10.6. The third kappa shape index (κ3) is 3.66. The molecule has 0 radical (unpaired) electrons. The highest BCUT2D eigenvalue weighted by Gasteiger charge is 2.20. The predicted molar refractivity (Wildman–Crippen MR) is 57.8 cm³/mol. The third-order valence-electron chi connectivity index (χ3n) is 2.85. The molecule has 1 unspecified atom stereocenters. The second-order valence-corrected chi connectivity index (χ2v) is 4.78. The first-order valence-corrected chi connectivity index (χ1v) is 5.63. The van der Waals surface area contributed by atoms with Gasteiger partial charge in [-0.3, -0.25) is 4.79 Å². The monoisotopic (exact) mass is 198 g/mol. The molecule has 0 bridgehead atoms. The molecule has 1 aliphatic carbocycles. The maximum absolute atomic E-state index is 11.5. The Bertz CT molecular complexity index is 188. The summed E-state index contributed by atoms with van der Waals surface area (Å²) in [6.45, 7) is 4.99. The van der Waals surface area contributed by atoms with E-state index in [1.54, 1.807) is 0 Å². The van der Waals surface area contributed by atoms with E-state index >= 15 is 0 Å². The van der Waals surface area contributed by atoms with E-state index in [1.807, 2.05) is 0 Å². The van der Waals surface area contributed by atoms with Gasteiger partial charge in [0.25, 0.3) is 0 Å². The van der Waals surface area contributed by atoms with Crippen LogP contribution in [-0.4, -0.2) is 18.5 Å². The van der Waals surface area contributed by atoms with Gasteiger partial charge in [0, 0.05) is 6.54 Å². The lowest BCUT2D eigenvalue weighted by molar-refractivity contribution is -0.123. The number of carbonyl (C=O) groups excluding carboxylic acids is 1. The van der Waals surface area contributed by atoms with Crippen LogP contribution in [0.5, 0.6) is 0 Å². The molecule has 3 N–H and O–H groups in total. The van der Waals surface area contributed by atoms with Gasteiger partial charge in [-0.1, -0.05) is 20.3 Å². The van der Waals surface area contributed by atoms with Crippen LogP contribution in [0, 0.1) is 11.8 Å². The van der Waals surface area contributed by atoms with Gasteiger partial charge >= 0.3 is 0 Å². The van der Waals surface area contributed by atoms with Crippen LogP contribution in [-0.2, 0) is 4.79 Å². The summed E-state index contributed by atoms with van der Waals surface area (Å²) in [7, 11) is 0. The molecule has 0 spiro atoms. The minimum absolute atomic E-state index is 0.0191. The van der Waals surface area contributed by atoms with E-state index in [2.05, 4.69) is 19.2 Å². The molecule has 0 aromatic heterocycles. The average molecular weight is 198 g/mol. The van der Waals surface area contributed by atoms with Crippen molar-refractivity contribution in [3.8, 4) is 0 Å². The van der Waals surface area contributed by atoms with Crippen molar-refractivity contribution in [1.82, 2.24) is 5.32 Å². The minimum Gasteiger partial charge on any atom is -0.354 e. The van der Waals surface area contributed by atoms with Gasteiger partial charge in [-0.2, -0.15) is 0 Å². The lowest BCUT2D eigenvalue weighted by Gasteiger charge is -2.26. The van der Waals surface area contributed by atoms with Crippen LogP contribution in [0.3, 0.4) is 0 Å². The van der Waals surface area contributed by atoms with E-state index in [1.165, 1.54) is 19.3 Å². The zero-order valence-electron chi connectivity index (χ0n) is 9.25. The van der Waals surface area contributed by atoms with Crippen LogP contribution in [0.4, 0.5) is 0 Å². The molecule has 1 rings (SSSR count). The minimum atomic E-state index is -0.324. The third-order valence-corrected chi connectivity index (χ3v) is 2.85. The largest absolute Gasteiger partial charge is 0.354 e. The van der Waals surface area contributed by atoms with Crippen LogP contribution in [0.1, 0.15) is 39.5 Å². The van der Waals surface area contributed by atoms with Gasteiger partial charge in [0.1, 0.15) is 0 Å². The highest BCUT2D eigenvalue weighted by molar-refractivity contribution is 5.81. The highest BCUT2D eigenvalue weighted by atomic mass is 16.2. The molecule has 0 aromatic carbocycles. The number of hydrogen-bond donors (Lipinski definition) is 2. The molecule has 1 amide bonds. The number of hydrogen-bond acceptors (Lipinski definition) is 2. The van der Waals surface area contributed by atoms with Crippen molar-refractivity contribution in [3.63, 3.8) is 0 Å². The second-order valence-electron chi connectivity index (χ2n) is 4.78. The van der Waals surface area contributed by atoms with E-state index in [4.69, 9.17) is 5.73 Å². The van der Waals surface area contributed by atoms with Gasteiger partial charge in [0.05, 0.1) is 6.04 Å². The number of rotatable bonds is 5. The summed E-state index contributed by atoms with van der Waals surface area (Å²) in [5.41, 5.74) is 5.75. The summed E-state index contributed by atoms with van der Waals surface area (Å²) in [5, 5.41) is 2.93. The summed E-state index contributed by atoms with van der Waals surface area (Å²) in [6.07, 6.45) is 4.62. The quantitative estimate of drug-likeness (QED) is 0.699. The van der Waals surface area contributed by atoms with Crippen molar-refractivity contribution >= 4 is 5.91 Å². The maximum atomic E-state index is 11.5. The highest BCUT2D eigenvalue weighted by Crippen LogP contribution is 2.25. The normalized spacial score (nSPS) is 19.1. The lowest BCUT2D eigenvalue weighted by atomic mass is 9.85. The van der Waals surface area contributed by atoms with Crippen LogP contribution in [0.15, 0.2) is 0 Å². The molecule has 0 aromatic rings. The van der Waals surface area contributed by atoms with Gasteiger partial charge in [-0.15, -0.1) is 0 Å². The van der Waals surface area contributed by atoms with Crippen LogP contribution < -0.4 is 11.1 Å². The summed E-state index contributed by atoms with van der Waals surface area (Å²) >= 11 is 0. The number of nitrogens with two attached hydrogens (primary N) is 1. The van der Waals surface area contributed by atoms with Crippen molar-refractivity contribution in [2.75, 3.05) is 6.54 Å². The first-order chi connectivity index (χ1) is 6.59. The topological polar surface area (TPSA) is 55.1 Å². The molecule has 1 saturated carbocycles. The van der Waals surface area contributed by atoms with Gasteiger partial charge in [0.2, 0.25) is 5.91 Å². The number of amides is 1. The van der Waals surface area contributed by atoms with Crippen molar-refractivity contribution in [2.24, 2.45) is 17.6 Å². The molecular formula is C11H22N2O. The molecule has 1 fully saturated rings. The van der Waals surface area contributed by atoms with Crippen LogP contribution in [0.2, 0.25) is 0 Å². The van der Waals surface area contributed by atoms with Gasteiger partial charge in [-0.25, -0.2) is 0 Å². The Balaban J connectivity index is 2.12. The van der Waals surface area contributed by atoms with E-state index in [0.29, 0.717) is 11.8 Å². The summed E-state index contributed by atoms with van der Waals surface area (Å²) < 4.78 is 0. The molecule has 0 saturated heterocycles. The summed E-state index contributed by atoms with van der Waals surface area (Å²) in [4.78, 5) is 11.5. The molecule has 3 heteroatoms. The predicted octanol–water partition coefficient (Wildman–Crippen LogP) is 1.28. The molecule has 1 aliphatic rings. The number of carbonyl (C=O) groups is 1. The smallest absolute Gasteiger partial charge is 0.236 e. The average Bonchev–Trinajstić information content (AvgIpc) is 1.99. The van der Waals surface area contributed by atoms with E-state index in [0.717, 1.165) is 13.0 Å². The molecule has 0 aliphatic heterocycles. The van der Waals surface area contributed by atoms with E-state index in [-0.39, 0.29) is 11.9 Å². The maximum Gasteiger partial charge on any atom is 0.236 e. The van der Waals surface area contributed by atoms with Gasteiger partial charge < -0.3 is 11.1 Å². The fourth-order valence-electron chi connectivity index (χ4n) is 1.69. The molecule has 3 nitrogen and oxygen atoms in total. The Morgan fingerprint density at radius 3 is 2.57 bits per heavy atom. The van der Waals surface area contributed by atoms with Crippen molar-refractivity contribution in [3.05, 3.63) is 0 Å². The zero-order valence-corrected chi connectivity index (χ0v) is 9.25. The lowest BCUT2D eigenvalue weighted by Crippen LogP contribution is -2.43. The fraction of sp³-hybridized carbons (Fsp3) is 0.909. The molecular weight excluding hydrogens is 176 g/mol. The first kappa shape index (κ1) is 11.5. The first-order valence-electron chi connectivity index (χ1n) is 5.63. The number of nitrogens with one attached hydrogen (secondary N) is 1. The molecule has 82 valence electrons. The Labute approximate surface area is 86.4 Å². The Morgan fingerprint density at radius 2 is 2.14 bits per heavy atom. The van der Waals surface area contributed by atoms with Gasteiger partial charge in [0.15, 0.2) is 0 Å². The Morgan fingerprint density at radius 1 is 1.50 bits per heavy atom. The van der Waals surface area contributed by atoms with Crippen molar-refractivity contribution < 1.29 is 4.79 Å². The van der Waals surface area contributed by atoms with Gasteiger partial charge in [-0.05, 0) is 31.1 Å². The van der Waals surface area contributed by atoms with Crippen LogP contribution >= 0.6 is 0 Å².